The lowest BCUT2D eigenvalue weighted by molar-refractivity contribution is -0.130. The van der Waals surface area contributed by atoms with E-state index in [9.17, 15) is 15.0 Å². The summed E-state index contributed by atoms with van der Waals surface area (Å²) in [4.78, 5) is 12.2. The summed E-state index contributed by atoms with van der Waals surface area (Å²) in [5.41, 5.74) is 1.50. The molecular weight excluding hydrogens is 300 g/mol. The second-order valence-corrected chi connectivity index (χ2v) is 9.57. The summed E-state index contributed by atoms with van der Waals surface area (Å²) in [6, 6.07) is 0. The van der Waals surface area contributed by atoms with Crippen molar-refractivity contribution in [3.05, 3.63) is 11.6 Å². The highest BCUT2D eigenvalue weighted by Gasteiger charge is 2.61. The Morgan fingerprint density at radius 1 is 1.08 bits per heavy atom. The van der Waals surface area contributed by atoms with Crippen molar-refractivity contribution >= 4 is 5.78 Å². The molecule has 3 fully saturated rings. The molecule has 0 saturated heterocycles. The molecule has 4 aliphatic rings. The van der Waals surface area contributed by atoms with E-state index in [1.807, 2.05) is 0 Å². The fraction of sp³-hybridized carbons (Fsp3) is 0.857. The number of aliphatic hydroxyl groups excluding tert-OH is 2. The number of hydrogen-bond acceptors (Lipinski definition) is 3. The number of carbonyl (C=O) groups excluding carboxylic acids is 1. The van der Waals surface area contributed by atoms with Crippen molar-refractivity contribution in [3.8, 4) is 0 Å². The van der Waals surface area contributed by atoms with Crippen LogP contribution >= 0.6 is 0 Å². The number of hydrogen-bond donors (Lipinski definition) is 2. The van der Waals surface area contributed by atoms with Crippen LogP contribution in [0.3, 0.4) is 0 Å². The van der Waals surface area contributed by atoms with Gasteiger partial charge in [-0.2, -0.15) is 0 Å². The monoisotopic (exact) mass is 332 g/mol. The molecule has 0 radical (unpaired) electrons. The maximum atomic E-state index is 12.2. The van der Waals surface area contributed by atoms with E-state index >= 15 is 0 Å². The van der Waals surface area contributed by atoms with Crippen molar-refractivity contribution in [1.29, 1.82) is 0 Å². The van der Waals surface area contributed by atoms with Crippen molar-refractivity contribution < 1.29 is 15.0 Å². The summed E-state index contributed by atoms with van der Waals surface area (Å²) >= 11 is 0. The van der Waals surface area contributed by atoms with Gasteiger partial charge in [0.2, 0.25) is 0 Å². The van der Waals surface area contributed by atoms with Crippen LogP contribution in [0.1, 0.15) is 65.7 Å². The Morgan fingerprint density at radius 2 is 1.83 bits per heavy atom. The molecule has 24 heavy (non-hydrogen) atoms. The van der Waals surface area contributed by atoms with Gasteiger partial charge in [0.05, 0.1) is 12.2 Å². The Bertz CT molecular complexity index is 582. The van der Waals surface area contributed by atoms with Gasteiger partial charge in [-0.1, -0.05) is 25.5 Å². The minimum atomic E-state index is -0.404. The summed E-state index contributed by atoms with van der Waals surface area (Å²) in [5.74, 6) is 1.77. The number of Topliss-reactive ketones (excluding diaryl/α,β-unsaturated/α-hetero) is 1. The average Bonchev–Trinajstić information content (AvgIpc) is 2.86. The number of fused-ring (bicyclic) bond motifs is 5. The number of rotatable bonds is 1. The number of carbonyl (C=O) groups is 1. The van der Waals surface area contributed by atoms with E-state index < -0.39 is 6.10 Å². The van der Waals surface area contributed by atoms with E-state index in [2.05, 4.69) is 19.9 Å². The van der Waals surface area contributed by atoms with Gasteiger partial charge in [-0.25, -0.2) is 0 Å². The Labute approximate surface area is 145 Å². The molecule has 0 bridgehead atoms. The van der Waals surface area contributed by atoms with Crippen LogP contribution < -0.4 is 0 Å². The molecule has 3 nitrogen and oxygen atoms in total. The van der Waals surface area contributed by atoms with Crippen LogP contribution in [0, 0.1) is 34.5 Å². The first-order valence-corrected chi connectivity index (χ1v) is 9.85. The normalized spacial score (nSPS) is 53.6. The fourth-order valence-corrected chi connectivity index (χ4v) is 7.30. The summed E-state index contributed by atoms with van der Waals surface area (Å²) in [6.07, 6.45) is 8.39. The smallest absolute Gasteiger partial charge is 0.133 e. The largest absolute Gasteiger partial charge is 0.393 e. The molecule has 1 unspecified atom stereocenters. The molecule has 0 aromatic carbocycles. The average molecular weight is 332 g/mol. The quantitative estimate of drug-likeness (QED) is 0.723. The van der Waals surface area contributed by atoms with Crippen LogP contribution in [-0.2, 0) is 4.79 Å². The summed E-state index contributed by atoms with van der Waals surface area (Å²) in [5, 5.41) is 21.1. The molecule has 0 heterocycles. The molecule has 4 rings (SSSR count). The van der Waals surface area contributed by atoms with Crippen LogP contribution in [0.5, 0.6) is 0 Å². The Hall–Kier alpha value is -0.670. The van der Waals surface area contributed by atoms with Gasteiger partial charge in [-0.3, -0.25) is 4.79 Å². The van der Waals surface area contributed by atoms with E-state index in [1.165, 1.54) is 5.57 Å². The molecule has 0 aromatic heterocycles. The molecule has 134 valence electrons. The van der Waals surface area contributed by atoms with Gasteiger partial charge in [0.1, 0.15) is 5.78 Å². The molecule has 0 spiro atoms. The maximum Gasteiger partial charge on any atom is 0.133 e. The third-order valence-corrected chi connectivity index (χ3v) is 8.59. The van der Waals surface area contributed by atoms with E-state index in [0.717, 1.165) is 44.9 Å². The SMILES string of the molecule is CC(=O)[C@H]1CC[C@H]2[C@@H]3[C@@H](O)C=C4C[C@@H](O)CCC4(C)[C@H]3CC[C@]12C. The third kappa shape index (κ3) is 2.13. The number of ketones is 1. The molecule has 3 saturated carbocycles. The highest BCUT2D eigenvalue weighted by Crippen LogP contribution is 2.66. The Balaban J connectivity index is 1.71. The first-order chi connectivity index (χ1) is 11.3. The third-order valence-electron chi connectivity index (χ3n) is 8.59. The minimum absolute atomic E-state index is 0.0733. The van der Waals surface area contributed by atoms with Gasteiger partial charge in [0.15, 0.2) is 0 Å². The molecule has 0 aromatic rings. The van der Waals surface area contributed by atoms with Crippen molar-refractivity contribution in [3.63, 3.8) is 0 Å². The zero-order valence-electron chi connectivity index (χ0n) is 15.3. The standard InChI is InChI=1S/C21H32O3/c1-12(22)15-4-5-16-19-17(7-9-21(15,16)3)20(2)8-6-14(23)10-13(20)11-18(19)24/h11,14-19,23-24H,4-10H2,1-3H3/t14-,15+,16-,17-,18-,19-,20?,21+/m0/s1. The zero-order valence-corrected chi connectivity index (χ0v) is 15.3. The van der Waals surface area contributed by atoms with Crippen LogP contribution in [0.4, 0.5) is 0 Å². The van der Waals surface area contributed by atoms with Crippen molar-refractivity contribution in [2.45, 2.75) is 77.9 Å². The van der Waals surface area contributed by atoms with Gasteiger partial charge in [-0.05, 0) is 80.5 Å². The maximum absolute atomic E-state index is 12.2. The lowest BCUT2D eigenvalue weighted by Gasteiger charge is -2.59. The van der Waals surface area contributed by atoms with Crippen LogP contribution in [-0.4, -0.2) is 28.2 Å². The fourth-order valence-electron chi connectivity index (χ4n) is 7.30. The second-order valence-electron chi connectivity index (χ2n) is 9.57. The van der Waals surface area contributed by atoms with Gasteiger partial charge in [0, 0.05) is 5.92 Å². The van der Waals surface area contributed by atoms with Crippen LogP contribution in [0.2, 0.25) is 0 Å². The Kier molecular flexibility index (Phi) is 3.78. The van der Waals surface area contributed by atoms with Gasteiger partial charge >= 0.3 is 0 Å². The lowest BCUT2D eigenvalue weighted by Crippen LogP contribution is -2.55. The second kappa shape index (κ2) is 5.41. The predicted octanol–water partition coefficient (Wildman–Crippen LogP) is 3.49. The van der Waals surface area contributed by atoms with Gasteiger partial charge < -0.3 is 10.2 Å². The van der Waals surface area contributed by atoms with E-state index in [0.29, 0.717) is 17.6 Å². The zero-order chi connectivity index (χ0) is 17.3. The first kappa shape index (κ1) is 16.8. The molecule has 2 N–H and O–H groups in total. The molecule has 0 amide bonds. The summed E-state index contributed by atoms with van der Waals surface area (Å²) in [6.45, 7) is 6.43. The number of aliphatic hydroxyl groups is 2. The lowest BCUT2D eigenvalue weighted by atomic mass is 9.46. The van der Waals surface area contributed by atoms with E-state index in [-0.39, 0.29) is 28.8 Å². The van der Waals surface area contributed by atoms with Gasteiger partial charge in [0.25, 0.3) is 0 Å². The molecule has 3 heteroatoms. The summed E-state index contributed by atoms with van der Waals surface area (Å²) in [7, 11) is 0. The summed E-state index contributed by atoms with van der Waals surface area (Å²) < 4.78 is 0. The van der Waals surface area contributed by atoms with E-state index in [1.54, 1.807) is 6.92 Å². The van der Waals surface area contributed by atoms with Crippen LogP contribution in [0.25, 0.3) is 0 Å². The predicted molar refractivity (Wildman–Crippen MR) is 93.3 cm³/mol. The molecule has 4 aliphatic carbocycles. The molecule has 0 aliphatic heterocycles. The molecule has 8 atom stereocenters. The van der Waals surface area contributed by atoms with E-state index in [4.69, 9.17) is 0 Å². The minimum Gasteiger partial charge on any atom is -0.393 e. The van der Waals surface area contributed by atoms with Gasteiger partial charge in [-0.15, -0.1) is 0 Å². The highest BCUT2D eigenvalue weighted by atomic mass is 16.3. The van der Waals surface area contributed by atoms with Crippen molar-refractivity contribution in [1.82, 2.24) is 0 Å². The highest BCUT2D eigenvalue weighted by molar-refractivity contribution is 5.79. The van der Waals surface area contributed by atoms with Crippen molar-refractivity contribution in [2.75, 3.05) is 0 Å². The topological polar surface area (TPSA) is 57.5 Å². The van der Waals surface area contributed by atoms with Crippen LogP contribution in [0.15, 0.2) is 11.6 Å². The molecular formula is C21H32O3. The first-order valence-electron chi connectivity index (χ1n) is 9.85. The van der Waals surface area contributed by atoms with Crippen molar-refractivity contribution in [2.24, 2.45) is 34.5 Å². The Morgan fingerprint density at radius 3 is 2.54 bits per heavy atom.